The number of rotatable bonds is 5. The van der Waals surface area contributed by atoms with Crippen LogP contribution in [0.3, 0.4) is 0 Å². The third-order valence-corrected chi connectivity index (χ3v) is 4.61. The van der Waals surface area contributed by atoms with Crippen LogP contribution in [-0.2, 0) is 4.79 Å². The van der Waals surface area contributed by atoms with Crippen molar-refractivity contribution >= 4 is 28.1 Å². The largest absolute Gasteiger partial charge is 0.495 e. The average molecular weight is 332 g/mol. The van der Waals surface area contributed by atoms with Gasteiger partial charge in [-0.3, -0.25) is 4.79 Å². The lowest BCUT2D eigenvalue weighted by molar-refractivity contribution is -0.129. The molecule has 0 bridgehead atoms. The van der Waals surface area contributed by atoms with E-state index >= 15 is 0 Å². The van der Waals surface area contributed by atoms with E-state index in [1.165, 1.54) is 11.3 Å². The van der Waals surface area contributed by atoms with Crippen LogP contribution in [0.1, 0.15) is 0 Å². The van der Waals surface area contributed by atoms with Crippen LogP contribution in [0.4, 0.5) is 10.8 Å². The predicted octanol–water partition coefficient (Wildman–Crippen LogP) is 1.91. The molecule has 6 nitrogen and oxygen atoms in total. The minimum Gasteiger partial charge on any atom is -0.495 e. The third-order valence-electron chi connectivity index (χ3n) is 3.88. The fourth-order valence-electron chi connectivity index (χ4n) is 2.66. The van der Waals surface area contributed by atoms with Crippen molar-refractivity contribution < 1.29 is 9.53 Å². The highest BCUT2D eigenvalue weighted by Crippen LogP contribution is 2.28. The number of aromatic nitrogens is 1. The van der Waals surface area contributed by atoms with Gasteiger partial charge in [0.25, 0.3) is 0 Å². The first-order valence-electron chi connectivity index (χ1n) is 7.57. The molecule has 2 aromatic rings. The van der Waals surface area contributed by atoms with E-state index in [0.717, 1.165) is 42.7 Å². The van der Waals surface area contributed by atoms with E-state index in [-0.39, 0.29) is 5.91 Å². The molecule has 1 N–H and O–H groups in total. The number of anilines is 2. The summed E-state index contributed by atoms with van der Waals surface area (Å²) in [6, 6.07) is 7.99. The topological polar surface area (TPSA) is 57.7 Å². The van der Waals surface area contributed by atoms with E-state index in [4.69, 9.17) is 4.74 Å². The summed E-state index contributed by atoms with van der Waals surface area (Å²) in [5.74, 6) is 0.984. The maximum Gasteiger partial charge on any atom is 0.242 e. The summed E-state index contributed by atoms with van der Waals surface area (Å²) in [7, 11) is 1.68. The molecule has 3 rings (SSSR count). The summed E-state index contributed by atoms with van der Waals surface area (Å²) in [4.78, 5) is 20.5. The Balaban J connectivity index is 1.52. The number of piperazine rings is 1. The summed E-state index contributed by atoms with van der Waals surface area (Å²) in [5.41, 5.74) is 1.09. The van der Waals surface area contributed by atoms with Crippen molar-refractivity contribution in [2.45, 2.75) is 0 Å². The Morgan fingerprint density at radius 1 is 1.30 bits per heavy atom. The summed E-state index contributed by atoms with van der Waals surface area (Å²) in [6.07, 6.45) is 1.73. The summed E-state index contributed by atoms with van der Waals surface area (Å²) in [6.45, 7) is 3.35. The molecule has 1 aromatic carbocycles. The number of methoxy groups -OCH3 is 1. The number of benzene rings is 1. The Morgan fingerprint density at radius 2 is 2.09 bits per heavy atom. The zero-order valence-corrected chi connectivity index (χ0v) is 13.9. The normalized spacial score (nSPS) is 14.7. The molecule has 0 aliphatic carbocycles. The maximum atomic E-state index is 12.3. The summed E-state index contributed by atoms with van der Waals surface area (Å²) in [5, 5.41) is 5.74. The van der Waals surface area contributed by atoms with Gasteiger partial charge < -0.3 is 19.9 Å². The minimum absolute atomic E-state index is 0.111. The number of nitrogens with zero attached hydrogens (tertiary/aromatic N) is 3. The molecule has 1 aliphatic rings. The van der Waals surface area contributed by atoms with Crippen molar-refractivity contribution in [2.24, 2.45) is 0 Å². The molecule has 1 saturated heterocycles. The summed E-state index contributed by atoms with van der Waals surface area (Å²) >= 11 is 1.50. The molecular weight excluding hydrogens is 312 g/mol. The molecule has 1 aliphatic heterocycles. The molecule has 23 heavy (non-hydrogen) atoms. The molecule has 0 atom stereocenters. The smallest absolute Gasteiger partial charge is 0.242 e. The van der Waals surface area contributed by atoms with Gasteiger partial charge in [0.15, 0.2) is 5.13 Å². The van der Waals surface area contributed by atoms with E-state index in [1.807, 2.05) is 28.5 Å². The number of hydrogen-bond acceptors (Lipinski definition) is 6. The van der Waals surface area contributed by atoms with Crippen LogP contribution in [-0.4, -0.2) is 55.6 Å². The maximum absolute atomic E-state index is 12.3. The van der Waals surface area contributed by atoms with E-state index < -0.39 is 0 Å². The van der Waals surface area contributed by atoms with Crippen LogP contribution in [0.25, 0.3) is 0 Å². The van der Waals surface area contributed by atoms with Gasteiger partial charge in [-0.2, -0.15) is 0 Å². The minimum atomic E-state index is 0.111. The molecule has 0 radical (unpaired) electrons. The number of carbonyl (C=O) groups is 1. The number of hydrogen-bond donors (Lipinski definition) is 1. The van der Waals surface area contributed by atoms with Crippen molar-refractivity contribution in [1.82, 2.24) is 9.88 Å². The van der Waals surface area contributed by atoms with Crippen LogP contribution in [0.15, 0.2) is 35.8 Å². The molecular formula is C16H20N4O2S. The van der Waals surface area contributed by atoms with Crippen LogP contribution in [0.2, 0.25) is 0 Å². The SMILES string of the molecule is COc1ccccc1N1CCN(C(=O)CNc2nccs2)CC1. The van der Waals surface area contributed by atoms with E-state index in [9.17, 15) is 4.79 Å². The van der Waals surface area contributed by atoms with Crippen molar-refractivity contribution in [1.29, 1.82) is 0 Å². The van der Waals surface area contributed by atoms with Crippen molar-refractivity contribution in [3.8, 4) is 5.75 Å². The van der Waals surface area contributed by atoms with Gasteiger partial charge in [-0.25, -0.2) is 4.98 Å². The molecule has 0 spiro atoms. The van der Waals surface area contributed by atoms with Gasteiger partial charge >= 0.3 is 0 Å². The van der Waals surface area contributed by atoms with Gasteiger partial charge in [0.2, 0.25) is 5.91 Å². The molecule has 1 fully saturated rings. The number of para-hydroxylation sites is 2. The van der Waals surface area contributed by atoms with Gasteiger partial charge in [-0.05, 0) is 12.1 Å². The van der Waals surface area contributed by atoms with Crippen molar-refractivity contribution in [3.05, 3.63) is 35.8 Å². The fraction of sp³-hybridized carbons (Fsp3) is 0.375. The monoisotopic (exact) mass is 332 g/mol. The fourth-order valence-corrected chi connectivity index (χ4v) is 3.19. The Bertz CT molecular complexity index is 639. The first kappa shape index (κ1) is 15.6. The second kappa shape index (κ2) is 7.32. The van der Waals surface area contributed by atoms with E-state index in [1.54, 1.807) is 13.3 Å². The lowest BCUT2D eigenvalue weighted by atomic mass is 10.2. The second-order valence-corrected chi connectivity index (χ2v) is 6.13. The highest BCUT2D eigenvalue weighted by atomic mass is 32.1. The molecule has 1 amide bonds. The molecule has 1 aromatic heterocycles. The average Bonchev–Trinajstić information content (AvgIpc) is 3.13. The van der Waals surface area contributed by atoms with Gasteiger partial charge in [0.1, 0.15) is 5.75 Å². The Labute approximate surface area is 139 Å². The number of ether oxygens (including phenoxy) is 1. The van der Waals surface area contributed by atoms with Crippen LogP contribution < -0.4 is 15.0 Å². The second-order valence-electron chi connectivity index (χ2n) is 5.23. The lowest BCUT2D eigenvalue weighted by Crippen LogP contribution is -2.50. The Kier molecular flexibility index (Phi) is 4.97. The quantitative estimate of drug-likeness (QED) is 0.906. The standard InChI is InChI=1S/C16H20N4O2S/c1-22-14-5-3-2-4-13(14)19-7-9-20(10-8-19)15(21)12-18-16-17-6-11-23-16/h2-6,11H,7-10,12H2,1H3,(H,17,18). The van der Waals surface area contributed by atoms with Gasteiger partial charge in [-0.15, -0.1) is 11.3 Å². The number of amides is 1. The van der Waals surface area contributed by atoms with Crippen LogP contribution in [0.5, 0.6) is 5.75 Å². The first-order chi connectivity index (χ1) is 11.3. The number of thiazole rings is 1. The van der Waals surface area contributed by atoms with Gasteiger partial charge in [0.05, 0.1) is 19.3 Å². The lowest BCUT2D eigenvalue weighted by Gasteiger charge is -2.36. The first-order valence-corrected chi connectivity index (χ1v) is 8.45. The summed E-state index contributed by atoms with van der Waals surface area (Å²) < 4.78 is 5.41. The Morgan fingerprint density at radius 3 is 2.78 bits per heavy atom. The molecule has 0 unspecified atom stereocenters. The zero-order valence-electron chi connectivity index (χ0n) is 13.1. The van der Waals surface area contributed by atoms with E-state index in [0.29, 0.717) is 6.54 Å². The number of carbonyl (C=O) groups excluding carboxylic acids is 1. The zero-order chi connectivity index (χ0) is 16.1. The van der Waals surface area contributed by atoms with Crippen LogP contribution >= 0.6 is 11.3 Å². The van der Waals surface area contributed by atoms with Gasteiger partial charge in [-0.1, -0.05) is 12.1 Å². The van der Waals surface area contributed by atoms with Gasteiger partial charge in [0, 0.05) is 37.8 Å². The van der Waals surface area contributed by atoms with Crippen molar-refractivity contribution in [2.75, 3.05) is 50.1 Å². The molecule has 122 valence electrons. The van der Waals surface area contributed by atoms with E-state index in [2.05, 4.69) is 21.3 Å². The molecule has 7 heteroatoms. The van der Waals surface area contributed by atoms with Crippen LogP contribution in [0, 0.1) is 0 Å². The molecule has 0 saturated carbocycles. The highest BCUT2D eigenvalue weighted by molar-refractivity contribution is 7.13. The third kappa shape index (κ3) is 3.73. The number of nitrogens with one attached hydrogen (secondary N) is 1. The highest BCUT2D eigenvalue weighted by Gasteiger charge is 2.22. The van der Waals surface area contributed by atoms with Crippen molar-refractivity contribution in [3.63, 3.8) is 0 Å². The predicted molar refractivity (Wildman–Crippen MR) is 92.4 cm³/mol. The molecule has 2 heterocycles. The Hall–Kier alpha value is -2.28.